The number of ether oxygens (including phenoxy) is 2. The number of rotatable bonds is 7. The van der Waals surface area contributed by atoms with Gasteiger partial charge in [0.05, 0.1) is 0 Å². The van der Waals surface area contributed by atoms with Crippen LogP contribution in [0.1, 0.15) is 89.3 Å². The highest BCUT2D eigenvalue weighted by Crippen LogP contribution is 2.48. The van der Waals surface area contributed by atoms with E-state index in [2.05, 4.69) is 26.8 Å². The van der Waals surface area contributed by atoms with Crippen LogP contribution in [-0.4, -0.2) is 23.1 Å². The summed E-state index contributed by atoms with van der Waals surface area (Å²) in [6.45, 7) is 11.3. The number of allylic oxidation sites excluding steroid dienone is 2. The fourth-order valence-corrected chi connectivity index (χ4v) is 4.30. The second kappa shape index (κ2) is 9.95. The van der Waals surface area contributed by atoms with Gasteiger partial charge in [-0.25, -0.2) is 0 Å². The number of esters is 2. The van der Waals surface area contributed by atoms with Crippen LogP contribution in [0.5, 0.6) is 5.75 Å². The highest BCUT2D eigenvalue weighted by Gasteiger charge is 2.38. The van der Waals surface area contributed by atoms with Gasteiger partial charge in [0.15, 0.2) is 0 Å². The van der Waals surface area contributed by atoms with E-state index in [1.54, 1.807) is 6.07 Å². The third-order valence-electron chi connectivity index (χ3n) is 5.77. The summed E-state index contributed by atoms with van der Waals surface area (Å²) in [5.74, 6) is -0.0738. The van der Waals surface area contributed by atoms with Gasteiger partial charge in [0.1, 0.15) is 18.5 Å². The molecule has 1 aliphatic rings. The molecule has 1 N–H and O–H groups in total. The first kappa shape index (κ1) is 23.0. The molecule has 1 aliphatic carbocycles. The van der Waals surface area contributed by atoms with Crippen LogP contribution in [0, 0.1) is 5.92 Å². The highest BCUT2D eigenvalue weighted by molar-refractivity contribution is 5.67. The van der Waals surface area contributed by atoms with E-state index < -0.39 is 0 Å². The Kier molecular flexibility index (Phi) is 7.88. The molecule has 0 heterocycles. The summed E-state index contributed by atoms with van der Waals surface area (Å²) in [7, 11) is 0. The average molecular weight is 403 g/mol. The quantitative estimate of drug-likeness (QED) is 0.491. The van der Waals surface area contributed by atoms with Crippen LogP contribution in [0.3, 0.4) is 0 Å². The van der Waals surface area contributed by atoms with E-state index in [-0.39, 0.29) is 42.2 Å². The molecule has 160 valence electrons. The molecule has 0 bridgehead atoms. The van der Waals surface area contributed by atoms with Crippen LogP contribution >= 0.6 is 0 Å². The summed E-state index contributed by atoms with van der Waals surface area (Å²) >= 11 is 0. The van der Waals surface area contributed by atoms with Gasteiger partial charge in [0.25, 0.3) is 0 Å². The second-order valence-electron chi connectivity index (χ2n) is 8.51. The van der Waals surface area contributed by atoms with Crippen LogP contribution < -0.4 is 0 Å². The molecule has 1 aromatic rings. The summed E-state index contributed by atoms with van der Waals surface area (Å²) in [5.41, 5.74) is 3.99. The lowest BCUT2D eigenvalue weighted by molar-refractivity contribution is -0.148. The minimum Gasteiger partial charge on any atom is -0.508 e. The van der Waals surface area contributed by atoms with E-state index in [9.17, 15) is 14.7 Å². The van der Waals surface area contributed by atoms with Crippen molar-refractivity contribution in [3.63, 3.8) is 0 Å². The molecule has 0 aromatic heterocycles. The normalized spacial score (nSPS) is 21.7. The fraction of sp³-hybridized carbons (Fsp3) is 0.583. The van der Waals surface area contributed by atoms with Crippen LogP contribution in [0.15, 0.2) is 23.8 Å². The molecule has 0 unspecified atom stereocenters. The van der Waals surface area contributed by atoms with Gasteiger partial charge in [0.2, 0.25) is 0 Å². The van der Waals surface area contributed by atoms with Crippen LogP contribution in [0.25, 0.3) is 0 Å². The number of carbonyl (C=O) groups is 2. The molecule has 0 radical (unpaired) electrons. The Morgan fingerprint density at radius 3 is 2.48 bits per heavy atom. The van der Waals surface area contributed by atoms with Crippen LogP contribution in [0.2, 0.25) is 0 Å². The molecule has 0 fully saturated rings. The number of phenols is 1. The van der Waals surface area contributed by atoms with Crippen molar-refractivity contribution in [1.82, 2.24) is 0 Å². The minimum absolute atomic E-state index is 0.0992. The molecule has 2 rings (SSSR count). The van der Waals surface area contributed by atoms with Crippen molar-refractivity contribution in [2.24, 2.45) is 5.92 Å². The SMILES string of the molecule is CC(=O)OCc1cc(O)c2c(c1)[C@H]([C@@H](C)CCC=C(C)C)C[C@H](OC(C)=O)[C@@H]2C. The lowest BCUT2D eigenvalue weighted by Gasteiger charge is -2.39. The van der Waals surface area contributed by atoms with E-state index in [4.69, 9.17) is 9.47 Å². The molecule has 0 aliphatic heterocycles. The predicted octanol–water partition coefficient (Wildman–Crippen LogP) is 5.36. The maximum Gasteiger partial charge on any atom is 0.302 e. The predicted molar refractivity (Wildman–Crippen MR) is 113 cm³/mol. The molecule has 0 saturated carbocycles. The third-order valence-corrected chi connectivity index (χ3v) is 5.77. The second-order valence-corrected chi connectivity index (χ2v) is 8.51. The number of benzene rings is 1. The fourth-order valence-electron chi connectivity index (χ4n) is 4.30. The monoisotopic (exact) mass is 402 g/mol. The Hall–Kier alpha value is -2.30. The van der Waals surface area contributed by atoms with E-state index in [0.29, 0.717) is 5.92 Å². The van der Waals surface area contributed by atoms with Gasteiger partial charge >= 0.3 is 11.9 Å². The Morgan fingerprint density at radius 2 is 1.90 bits per heavy atom. The van der Waals surface area contributed by atoms with E-state index in [0.717, 1.165) is 36.0 Å². The van der Waals surface area contributed by atoms with Crippen LogP contribution in [0.4, 0.5) is 0 Å². The summed E-state index contributed by atoms with van der Waals surface area (Å²) < 4.78 is 10.8. The van der Waals surface area contributed by atoms with Gasteiger partial charge in [-0.1, -0.05) is 31.6 Å². The molecule has 0 amide bonds. The van der Waals surface area contributed by atoms with Crippen molar-refractivity contribution in [3.8, 4) is 5.75 Å². The Bertz CT molecular complexity index is 776. The zero-order valence-corrected chi connectivity index (χ0v) is 18.5. The maximum absolute atomic E-state index is 11.6. The molecule has 0 saturated heterocycles. The Morgan fingerprint density at radius 1 is 1.21 bits per heavy atom. The number of carbonyl (C=O) groups excluding carboxylic acids is 2. The molecular formula is C24H34O5. The van der Waals surface area contributed by atoms with Gasteiger partial charge in [-0.2, -0.15) is 0 Å². The van der Waals surface area contributed by atoms with Crippen molar-refractivity contribution < 1.29 is 24.2 Å². The molecule has 1 aromatic carbocycles. The Labute approximate surface area is 174 Å². The molecule has 4 atom stereocenters. The lowest BCUT2D eigenvalue weighted by Crippen LogP contribution is -2.33. The summed E-state index contributed by atoms with van der Waals surface area (Å²) in [6.07, 6.45) is 4.69. The first-order chi connectivity index (χ1) is 13.6. The molecule has 0 spiro atoms. The molecule has 5 nitrogen and oxygen atoms in total. The first-order valence-corrected chi connectivity index (χ1v) is 10.4. The summed E-state index contributed by atoms with van der Waals surface area (Å²) in [5, 5.41) is 10.8. The maximum atomic E-state index is 11.6. The Balaban J connectivity index is 2.40. The average Bonchev–Trinajstić information content (AvgIpc) is 2.61. The minimum atomic E-state index is -0.350. The standard InChI is InChI=1S/C24H34O5/c1-14(2)8-7-9-15(3)20-12-23(29-18(6)26)16(4)24-21(20)10-19(11-22(24)27)13-28-17(5)25/h8,10-11,15-16,20,23,27H,7,9,12-13H2,1-6H3/t15-,16-,20-,23-/m0/s1. The van der Waals surface area contributed by atoms with Gasteiger partial charge < -0.3 is 14.6 Å². The van der Waals surface area contributed by atoms with E-state index in [1.165, 1.54) is 19.4 Å². The van der Waals surface area contributed by atoms with Crippen molar-refractivity contribution in [2.45, 2.75) is 85.4 Å². The third kappa shape index (κ3) is 6.09. The summed E-state index contributed by atoms with van der Waals surface area (Å²) in [4.78, 5) is 22.8. The summed E-state index contributed by atoms with van der Waals surface area (Å²) in [6, 6.07) is 3.69. The van der Waals surface area contributed by atoms with Crippen LogP contribution in [-0.2, 0) is 25.7 Å². The number of hydrogen-bond donors (Lipinski definition) is 1. The molecule has 5 heteroatoms. The number of aromatic hydroxyl groups is 1. The van der Waals surface area contributed by atoms with Gasteiger partial charge in [0, 0.05) is 25.3 Å². The van der Waals surface area contributed by atoms with Crippen molar-refractivity contribution in [1.29, 1.82) is 0 Å². The van der Waals surface area contributed by atoms with E-state index >= 15 is 0 Å². The zero-order valence-electron chi connectivity index (χ0n) is 18.5. The van der Waals surface area contributed by atoms with Crippen molar-refractivity contribution in [3.05, 3.63) is 40.5 Å². The van der Waals surface area contributed by atoms with E-state index in [1.807, 2.05) is 13.0 Å². The van der Waals surface area contributed by atoms with Gasteiger partial charge in [-0.05, 0) is 62.1 Å². The molecule has 29 heavy (non-hydrogen) atoms. The van der Waals surface area contributed by atoms with Gasteiger partial charge in [-0.3, -0.25) is 9.59 Å². The highest BCUT2D eigenvalue weighted by atomic mass is 16.5. The number of phenolic OH excluding ortho intramolecular Hbond substituents is 1. The number of hydrogen-bond acceptors (Lipinski definition) is 5. The smallest absolute Gasteiger partial charge is 0.302 e. The number of fused-ring (bicyclic) bond motifs is 1. The van der Waals surface area contributed by atoms with Gasteiger partial charge in [-0.15, -0.1) is 0 Å². The lowest BCUT2D eigenvalue weighted by atomic mass is 9.69. The zero-order chi connectivity index (χ0) is 21.7. The first-order valence-electron chi connectivity index (χ1n) is 10.4. The largest absolute Gasteiger partial charge is 0.508 e. The topological polar surface area (TPSA) is 72.8 Å². The molecular weight excluding hydrogens is 368 g/mol. The van der Waals surface area contributed by atoms with Crippen molar-refractivity contribution in [2.75, 3.05) is 0 Å². The van der Waals surface area contributed by atoms with Crippen molar-refractivity contribution >= 4 is 11.9 Å².